The fourth-order valence-electron chi connectivity index (χ4n) is 2.52. The number of hydrogen-bond acceptors (Lipinski definition) is 4. The maximum Gasteiger partial charge on any atom is 0.288 e. The maximum absolute atomic E-state index is 12.3. The molecule has 0 bridgehead atoms. The van der Waals surface area contributed by atoms with E-state index >= 15 is 0 Å². The number of hydrogen-bond donors (Lipinski definition) is 1. The molecule has 0 spiro atoms. The summed E-state index contributed by atoms with van der Waals surface area (Å²) in [5, 5.41) is 17.9. The molecule has 0 unspecified atom stereocenters. The molecule has 8 heteroatoms. The lowest BCUT2D eigenvalue weighted by Gasteiger charge is -2.11. The summed E-state index contributed by atoms with van der Waals surface area (Å²) >= 11 is 5.78. The second-order valence-electron chi connectivity index (χ2n) is 5.58. The number of nitro benzene ring substituents is 1. The van der Waals surface area contributed by atoms with E-state index in [1.807, 2.05) is 36.5 Å². The normalized spacial score (nSPS) is 10.5. The Morgan fingerprint density at radius 1 is 1.19 bits per heavy atom. The van der Waals surface area contributed by atoms with Gasteiger partial charge in [-0.15, -0.1) is 0 Å². The molecule has 0 aliphatic carbocycles. The lowest BCUT2D eigenvalue weighted by molar-refractivity contribution is -0.384. The first-order valence-electron chi connectivity index (χ1n) is 7.81. The number of nitrogens with zero attached hydrogens (tertiary/aromatic N) is 3. The van der Waals surface area contributed by atoms with Gasteiger partial charge in [-0.1, -0.05) is 35.9 Å². The Balaban J connectivity index is 1.72. The molecular weight excluding hydrogens is 356 g/mol. The van der Waals surface area contributed by atoms with E-state index in [9.17, 15) is 14.9 Å². The minimum Gasteiger partial charge on any atom is -0.348 e. The van der Waals surface area contributed by atoms with Gasteiger partial charge in [-0.3, -0.25) is 19.6 Å². The largest absolute Gasteiger partial charge is 0.348 e. The van der Waals surface area contributed by atoms with Crippen LogP contribution in [-0.4, -0.2) is 20.6 Å². The summed E-state index contributed by atoms with van der Waals surface area (Å²) in [6, 6.07) is 13.5. The minimum atomic E-state index is -0.613. The number of carbonyl (C=O) groups is 1. The first-order chi connectivity index (χ1) is 12.5. The van der Waals surface area contributed by atoms with Crippen LogP contribution in [-0.2, 0) is 13.1 Å². The predicted molar refractivity (Wildman–Crippen MR) is 97.0 cm³/mol. The van der Waals surface area contributed by atoms with Crippen LogP contribution in [0.25, 0.3) is 0 Å². The summed E-state index contributed by atoms with van der Waals surface area (Å²) in [6.07, 6.45) is 3.57. The molecule has 0 saturated heterocycles. The van der Waals surface area contributed by atoms with E-state index in [1.54, 1.807) is 10.9 Å². The topological polar surface area (TPSA) is 90.1 Å². The number of carbonyl (C=O) groups excluding carboxylic acids is 1. The Labute approximate surface area is 154 Å². The van der Waals surface area contributed by atoms with Gasteiger partial charge in [0, 0.05) is 30.6 Å². The van der Waals surface area contributed by atoms with E-state index in [2.05, 4.69) is 10.4 Å². The van der Waals surface area contributed by atoms with E-state index in [1.165, 1.54) is 18.2 Å². The number of nitrogens with one attached hydrogen (secondary N) is 1. The monoisotopic (exact) mass is 370 g/mol. The van der Waals surface area contributed by atoms with Crippen LogP contribution in [0.3, 0.4) is 0 Å². The van der Waals surface area contributed by atoms with Crippen LogP contribution in [0.2, 0.25) is 5.02 Å². The first-order valence-corrected chi connectivity index (χ1v) is 8.19. The lowest BCUT2D eigenvalue weighted by atomic mass is 10.1. The number of halogens is 1. The average Bonchev–Trinajstić information content (AvgIpc) is 3.14. The smallest absolute Gasteiger partial charge is 0.288 e. The van der Waals surface area contributed by atoms with E-state index in [0.29, 0.717) is 13.1 Å². The number of nitro groups is 1. The Bertz CT molecular complexity index is 941. The summed E-state index contributed by atoms with van der Waals surface area (Å²) in [7, 11) is 0. The molecule has 0 fully saturated rings. The zero-order valence-electron chi connectivity index (χ0n) is 13.6. The SMILES string of the molecule is O=C(NCc1ccccc1Cn1cccn1)c1ccc(Cl)c([N+](=O)[O-])c1. The summed E-state index contributed by atoms with van der Waals surface area (Å²) in [5.41, 5.74) is 1.86. The van der Waals surface area contributed by atoms with Crippen molar-refractivity contribution in [3.63, 3.8) is 0 Å². The lowest BCUT2D eigenvalue weighted by Crippen LogP contribution is -2.23. The number of benzene rings is 2. The van der Waals surface area contributed by atoms with Crippen molar-refractivity contribution in [1.82, 2.24) is 15.1 Å². The van der Waals surface area contributed by atoms with Gasteiger partial charge in [-0.05, 0) is 29.3 Å². The van der Waals surface area contributed by atoms with Crippen molar-refractivity contribution in [2.24, 2.45) is 0 Å². The molecule has 1 amide bonds. The van der Waals surface area contributed by atoms with Gasteiger partial charge in [0.2, 0.25) is 0 Å². The van der Waals surface area contributed by atoms with Gasteiger partial charge in [0.25, 0.3) is 11.6 Å². The molecule has 0 aliphatic heterocycles. The highest BCUT2D eigenvalue weighted by molar-refractivity contribution is 6.32. The van der Waals surface area contributed by atoms with Gasteiger partial charge in [0.05, 0.1) is 11.5 Å². The zero-order valence-corrected chi connectivity index (χ0v) is 14.4. The van der Waals surface area contributed by atoms with Crippen LogP contribution in [0.15, 0.2) is 60.9 Å². The third-order valence-corrected chi connectivity index (χ3v) is 4.17. The molecule has 7 nitrogen and oxygen atoms in total. The molecule has 132 valence electrons. The van der Waals surface area contributed by atoms with Crippen molar-refractivity contribution in [3.8, 4) is 0 Å². The van der Waals surface area contributed by atoms with Crippen molar-refractivity contribution in [2.45, 2.75) is 13.1 Å². The van der Waals surface area contributed by atoms with Gasteiger partial charge < -0.3 is 5.32 Å². The molecule has 0 atom stereocenters. The number of aromatic nitrogens is 2. The summed E-state index contributed by atoms with van der Waals surface area (Å²) in [4.78, 5) is 22.7. The maximum atomic E-state index is 12.3. The van der Waals surface area contributed by atoms with Gasteiger partial charge in [0.15, 0.2) is 0 Å². The molecule has 1 heterocycles. The molecule has 0 radical (unpaired) electrons. The van der Waals surface area contributed by atoms with Crippen LogP contribution in [0.5, 0.6) is 0 Å². The quantitative estimate of drug-likeness (QED) is 0.531. The van der Waals surface area contributed by atoms with Crippen LogP contribution >= 0.6 is 11.6 Å². The second kappa shape index (κ2) is 7.79. The van der Waals surface area contributed by atoms with Crippen LogP contribution in [0.1, 0.15) is 21.5 Å². The van der Waals surface area contributed by atoms with Gasteiger partial charge in [-0.2, -0.15) is 5.10 Å². The van der Waals surface area contributed by atoms with Crippen molar-refractivity contribution >= 4 is 23.2 Å². The Morgan fingerprint density at radius 2 is 1.96 bits per heavy atom. The number of rotatable bonds is 6. The first kappa shape index (κ1) is 17.6. The van der Waals surface area contributed by atoms with Crippen LogP contribution in [0, 0.1) is 10.1 Å². The Hall–Kier alpha value is -3.19. The summed E-state index contributed by atoms with van der Waals surface area (Å²) in [5.74, 6) is -0.404. The van der Waals surface area contributed by atoms with Gasteiger partial charge in [0.1, 0.15) is 5.02 Å². The fourth-order valence-corrected chi connectivity index (χ4v) is 2.71. The van der Waals surface area contributed by atoms with Gasteiger partial charge in [-0.25, -0.2) is 0 Å². The van der Waals surface area contributed by atoms with E-state index < -0.39 is 10.8 Å². The Morgan fingerprint density at radius 3 is 2.65 bits per heavy atom. The van der Waals surface area contributed by atoms with Crippen LogP contribution < -0.4 is 5.32 Å². The molecule has 0 saturated carbocycles. The predicted octanol–water partition coefficient (Wildman–Crippen LogP) is 3.42. The molecule has 3 aromatic rings. The average molecular weight is 371 g/mol. The highest BCUT2D eigenvalue weighted by Crippen LogP contribution is 2.25. The van der Waals surface area contributed by atoms with Crippen LogP contribution in [0.4, 0.5) is 5.69 Å². The second-order valence-corrected chi connectivity index (χ2v) is 5.99. The van der Waals surface area contributed by atoms with Crippen molar-refractivity contribution < 1.29 is 9.72 Å². The Kier molecular flexibility index (Phi) is 5.28. The molecule has 26 heavy (non-hydrogen) atoms. The van der Waals surface area contributed by atoms with Crippen molar-refractivity contribution in [2.75, 3.05) is 0 Å². The third-order valence-electron chi connectivity index (χ3n) is 3.85. The minimum absolute atomic E-state index is 0.00359. The fraction of sp³-hybridized carbons (Fsp3) is 0.111. The zero-order chi connectivity index (χ0) is 18.5. The number of amides is 1. The van der Waals surface area contributed by atoms with E-state index in [-0.39, 0.29) is 16.3 Å². The van der Waals surface area contributed by atoms with Crippen molar-refractivity contribution in [1.29, 1.82) is 0 Å². The molecule has 1 aromatic heterocycles. The third kappa shape index (κ3) is 4.07. The molecule has 1 N–H and O–H groups in total. The van der Waals surface area contributed by atoms with E-state index in [4.69, 9.17) is 11.6 Å². The standard InChI is InChI=1S/C18H15ClN4O3/c19-16-7-6-13(10-17(16)23(25)26)18(24)20-11-14-4-1-2-5-15(14)12-22-9-3-8-21-22/h1-10H,11-12H2,(H,20,24). The van der Waals surface area contributed by atoms with Crippen molar-refractivity contribution in [3.05, 3.63) is 92.8 Å². The van der Waals surface area contributed by atoms with Gasteiger partial charge >= 0.3 is 0 Å². The molecule has 3 rings (SSSR count). The molecular formula is C18H15ClN4O3. The van der Waals surface area contributed by atoms with E-state index in [0.717, 1.165) is 11.1 Å². The summed E-state index contributed by atoms with van der Waals surface area (Å²) < 4.78 is 1.79. The highest BCUT2D eigenvalue weighted by Gasteiger charge is 2.16. The summed E-state index contributed by atoms with van der Waals surface area (Å²) in [6.45, 7) is 0.887. The highest BCUT2D eigenvalue weighted by atomic mass is 35.5. The molecule has 2 aromatic carbocycles. The molecule has 0 aliphatic rings.